The molecule has 1 atom stereocenters. The molecule has 2 N–H and O–H groups in total. The van der Waals surface area contributed by atoms with Gasteiger partial charge in [0.25, 0.3) is 5.91 Å². The van der Waals surface area contributed by atoms with Crippen LogP contribution in [0.15, 0.2) is 23.3 Å². The van der Waals surface area contributed by atoms with Gasteiger partial charge in [0.1, 0.15) is 0 Å². The molecule has 1 aromatic rings. The van der Waals surface area contributed by atoms with Gasteiger partial charge in [-0.15, -0.1) is 0 Å². The van der Waals surface area contributed by atoms with Crippen molar-refractivity contribution in [2.75, 3.05) is 52.6 Å². The molecular weight excluding hydrogens is 366 g/mol. The number of rotatable bonds is 10. The Bertz CT molecular complexity index is 713. The molecule has 0 saturated heterocycles. The summed E-state index contributed by atoms with van der Waals surface area (Å²) < 4.78 is 0.510. The van der Waals surface area contributed by atoms with E-state index in [9.17, 15) is 9.59 Å². The van der Waals surface area contributed by atoms with Crippen molar-refractivity contribution in [3.63, 3.8) is 0 Å². The Morgan fingerprint density at radius 1 is 1.10 bits per heavy atom. The van der Waals surface area contributed by atoms with Crippen LogP contribution >= 0.6 is 0 Å². The number of amides is 2. The predicted octanol–water partition coefficient (Wildman–Crippen LogP) is 2.40. The minimum Gasteiger partial charge on any atom is -0.325 e. The number of para-hydroxylation sites is 1. The number of nitrogens with zero attached hydrogens (tertiary/aromatic N) is 3. The highest BCUT2D eigenvalue weighted by molar-refractivity contribution is 6.09. The third-order valence-electron chi connectivity index (χ3n) is 4.86. The van der Waals surface area contributed by atoms with Crippen LogP contribution in [-0.2, 0) is 9.59 Å². The zero-order valence-electron chi connectivity index (χ0n) is 19.3. The summed E-state index contributed by atoms with van der Waals surface area (Å²) in [6.07, 6.45) is 0. The van der Waals surface area contributed by atoms with Crippen molar-refractivity contribution in [2.24, 2.45) is 11.0 Å². The average Bonchev–Trinajstić information content (AvgIpc) is 2.62. The Labute approximate surface area is 175 Å². The molecule has 0 aliphatic rings. The second kappa shape index (κ2) is 11.1. The van der Waals surface area contributed by atoms with Gasteiger partial charge in [0.15, 0.2) is 6.54 Å². The molecule has 162 valence electrons. The fourth-order valence-electron chi connectivity index (χ4n) is 3.06. The van der Waals surface area contributed by atoms with Crippen LogP contribution in [0.2, 0.25) is 0 Å². The summed E-state index contributed by atoms with van der Waals surface area (Å²) in [7, 11) is 5.83. The fourth-order valence-corrected chi connectivity index (χ4v) is 3.06. The zero-order chi connectivity index (χ0) is 22.2. The largest absolute Gasteiger partial charge is 0.325 e. The second-order valence-electron chi connectivity index (χ2n) is 8.53. The summed E-state index contributed by atoms with van der Waals surface area (Å²) in [5.74, 6) is -0.747. The highest BCUT2D eigenvalue weighted by atomic mass is 16.2. The minimum atomic E-state index is -0.460. The van der Waals surface area contributed by atoms with E-state index < -0.39 is 5.92 Å². The monoisotopic (exact) mass is 404 g/mol. The summed E-state index contributed by atoms with van der Waals surface area (Å²) in [6.45, 7) is 12.4. The first-order valence-corrected chi connectivity index (χ1v) is 10.2. The lowest BCUT2D eigenvalue weighted by molar-refractivity contribution is -0.862. The Balaban J connectivity index is 3.04. The van der Waals surface area contributed by atoms with E-state index in [-0.39, 0.29) is 11.8 Å². The second-order valence-corrected chi connectivity index (χ2v) is 8.53. The molecule has 7 heteroatoms. The molecule has 0 saturated carbocycles. The van der Waals surface area contributed by atoms with Gasteiger partial charge in [-0.2, -0.15) is 5.10 Å². The Morgan fingerprint density at radius 3 is 2.14 bits per heavy atom. The average molecular weight is 405 g/mol. The zero-order valence-corrected chi connectivity index (χ0v) is 19.3. The number of hydrogen-bond donors (Lipinski definition) is 2. The number of carbonyl (C=O) groups is 2. The van der Waals surface area contributed by atoms with Crippen molar-refractivity contribution >= 4 is 23.2 Å². The van der Waals surface area contributed by atoms with Gasteiger partial charge in [-0.1, -0.05) is 32.0 Å². The van der Waals surface area contributed by atoms with E-state index in [1.54, 1.807) is 6.92 Å². The summed E-state index contributed by atoms with van der Waals surface area (Å²) >= 11 is 0. The lowest BCUT2D eigenvalue weighted by Gasteiger charge is -2.25. The lowest BCUT2D eigenvalue weighted by atomic mass is 10.0. The number of likely N-dealkylation sites (N-methyl/N-ethyl adjacent to an activating group) is 1. The van der Waals surface area contributed by atoms with E-state index >= 15 is 0 Å². The van der Waals surface area contributed by atoms with Crippen LogP contribution in [0, 0.1) is 19.8 Å². The predicted molar refractivity (Wildman–Crippen MR) is 120 cm³/mol. The van der Waals surface area contributed by atoms with Gasteiger partial charge in [0.2, 0.25) is 5.91 Å². The molecular formula is C22H38N5O2+. The van der Waals surface area contributed by atoms with Crippen molar-refractivity contribution < 1.29 is 14.1 Å². The molecule has 0 unspecified atom stereocenters. The van der Waals surface area contributed by atoms with E-state index in [0.29, 0.717) is 23.3 Å². The first kappa shape index (κ1) is 24.8. The molecule has 0 aliphatic carbocycles. The molecule has 7 nitrogen and oxygen atoms in total. The molecule has 0 bridgehead atoms. The third kappa shape index (κ3) is 8.33. The van der Waals surface area contributed by atoms with Gasteiger partial charge in [-0.05, 0) is 45.0 Å². The van der Waals surface area contributed by atoms with E-state index in [1.807, 2.05) is 53.2 Å². The molecule has 1 rings (SSSR count). The number of carbonyl (C=O) groups excluding carboxylic acids is 2. The Kier molecular flexibility index (Phi) is 9.46. The van der Waals surface area contributed by atoms with Crippen molar-refractivity contribution in [2.45, 2.75) is 34.6 Å². The number of nitrogens with one attached hydrogen (secondary N) is 2. The third-order valence-corrected chi connectivity index (χ3v) is 4.86. The number of hydrazone groups is 1. The topological polar surface area (TPSA) is 73.8 Å². The molecule has 0 heterocycles. The summed E-state index contributed by atoms with van der Waals surface area (Å²) in [5.41, 5.74) is 6.07. The maximum absolute atomic E-state index is 13.2. The van der Waals surface area contributed by atoms with Crippen LogP contribution in [0.25, 0.3) is 0 Å². The molecule has 0 spiro atoms. The van der Waals surface area contributed by atoms with Gasteiger partial charge in [-0.25, -0.2) is 5.43 Å². The summed E-state index contributed by atoms with van der Waals surface area (Å²) in [4.78, 5) is 27.5. The van der Waals surface area contributed by atoms with Crippen LogP contribution in [0.4, 0.5) is 5.69 Å². The van der Waals surface area contributed by atoms with Crippen LogP contribution in [0.1, 0.15) is 31.9 Å². The van der Waals surface area contributed by atoms with Gasteiger partial charge >= 0.3 is 0 Å². The molecule has 29 heavy (non-hydrogen) atoms. The van der Waals surface area contributed by atoms with E-state index in [0.717, 1.165) is 29.9 Å². The van der Waals surface area contributed by atoms with E-state index in [1.165, 1.54) is 0 Å². The summed E-state index contributed by atoms with van der Waals surface area (Å²) in [6, 6.07) is 5.94. The summed E-state index contributed by atoms with van der Waals surface area (Å²) in [5, 5.41) is 7.33. The van der Waals surface area contributed by atoms with E-state index in [2.05, 4.69) is 34.6 Å². The van der Waals surface area contributed by atoms with Gasteiger partial charge in [0, 0.05) is 17.9 Å². The van der Waals surface area contributed by atoms with Crippen LogP contribution in [0.3, 0.4) is 0 Å². The minimum absolute atomic E-state index is 0.114. The highest BCUT2D eigenvalue weighted by Gasteiger charge is 2.25. The number of hydrogen-bond acceptors (Lipinski definition) is 4. The molecule has 0 aliphatic heterocycles. The fraction of sp³-hybridized carbons (Fsp3) is 0.591. The first-order chi connectivity index (χ1) is 13.5. The van der Waals surface area contributed by atoms with Crippen LogP contribution < -0.4 is 10.7 Å². The van der Waals surface area contributed by atoms with Crippen LogP contribution in [0.5, 0.6) is 0 Å². The van der Waals surface area contributed by atoms with Crippen molar-refractivity contribution in [1.29, 1.82) is 0 Å². The van der Waals surface area contributed by atoms with Crippen LogP contribution in [-0.4, -0.2) is 74.2 Å². The number of benzene rings is 1. The normalized spacial score (nSPS) is 13.3. The molecule has 0 fully saturated rings. The maximum Gasteiger partial charge on any atom is 0.295 e. The molecule has 0 aromatic heterocycles. The van der Waals surface area contributed by atoms with Gasteiger partial charge < -0.3 is 14.7 Å². The Morgan fingerprint density at radius 2 is 1.66 bits per heavy atom. The number of quaternary nitrogens is 1. The quantitative estimate of drug-likeness (QED) is 0.357. The standard InChI is InChI=1S/C22H37N5O2/c1-9-26(10-2)14-19(18(5)24-25-20(28)15-27(6,7)8)22(29)23-21-16(3)12-11-13-17(21)4/h11-13,19H,9-10,14-15H2,1-8H3,(H-,23,25,28,29)/p+1/b24-18+/t19-/m0/s1. The Hall–Kier alpha value is -2.25. The molecule has 0 radical (unpaired) electrons. The van der Waals surface area contributed by atoms with Gasteiger partial charge in [-0.3, -0.25) is 9.59 Å². The smallest absolute Gasteiger partial charge is 0.295 e. The van der Waals surface area contributed by atoms with Crippen molar-refractivity contribution in [3.05, 3.63) is 29.3 Å². The maximum atomic E-state index is 13.2. The SMILES string of the molecule is CCN(CC)C[C@H](C(=O)Nc1c(C)cccc1C)/C(C)=N/NC(=O)C[N+](C)(C)C. The molecule has 2 amide bonds. The number of aryl methyl sites for hydroxylation is 2. The molecule has 1 aromatic carbocycles. The number of anilines is 1. The van der Waals surface area contributed by atoms with E-state index in [4.69, 9.17) is 0 Å². The first-order valence-electron chi connectivity index (χ1n) is 10.2. The highest BCUT2D eigenvalue weighted by Crippen LogP contribution is 2.20. The van der Waals surface area contributed by atoms with Crippen molar-refractivity contribution in [3.8, 4) is 0 Å². The lowest BCUT2D eigenvalue weighted by Crippen LogP contribution is -2.44. The van der Waals surface area contributed by atoms with Crippen molar-refractivity contribution in [1.82, 2.24) is 10.3 Å². The van der Waals surface area contributed by atoms with Gasteiger partial charge in [0.05, 0.1) is 27.1 Å².